The van der Waals surface area contributed by atoms with E-state index in [0.29, 0.717) is 12.6 Å². The first-order valence-corrected chi connectivity index (χ1v) is 11.5. The fourth-order valence-corrected chi connectivity index (χ4v) is 5.06. The topological polar surface area (TPSA) is 37.4 Å². The summed E-state index contributed by atoms with van der Waals surface area (Å²) in [5.74, 6) is 2.68. The minimum atomic E-state index is 0.123. The molecule has 2 aromatic carbocycles. The number of hydrogen-bond donors (Lipinski definition) is 0. The van der Waals surface area contributed by atoms with E-state index >= 15 is 0 Å². The van der Waals surface area contributed by atoms with Gasteiger partial charge in [0.15, 0.2) is 11.5 Å². The maximum Gasteiger partial charge on any atom is 0.161 e. The highest BCUT2D eigenvalue weighted by atomic mass is 16.6. The van der Waals surface area contributed by atoms with E-state index in [1.807, 2.05) is 30.3 Å². The van der Waals surface area contributed by atoms with Crippen LogP contribution in [0.15, 0.2) is 48.5 Å². The summed E-state index contributed by atoms with van der Waals surface area (Å²) >= 11 is 0. The van der Waals surface area contributed by atoms with E-state index in [1.165, 1.54) is 18.5 Å². The van der Waals surface area contributed by atoms with Crippen molar-refractivity contribution in [1.82, 2.24) is 9.80 Å². The molecule has 6 heteroatoms. The molecule has 2 saturated heterocycles. The van der Waals surface area contributed by atoms with Crippen molar-refractivity contribution in [3.63, 3.8) is 0 Å². The molecule has 0 radical (unpaired) electrons. The highest BCUT2D eigenvalue weighted by molar-refractivity contribution is 5.51. The monoisotopic (exact) mass is 423 g/mol. The Bertz CT molecular complexity index is 861. The zero-order valence-electron chi connectivity index (χ0n) is 18.4. The fraction of sp³-hybridized carbons (Fsp3) is 0.520. The minimum Gasteiger partial charge on any atom is -0.497 e. The first-order valence-electron chi connectivity index (χ1n) is 11.5. The maximum absolute atomic E-state index is 6.16. The molecule has 166 valence electrons. The number of para-hydroxylation sites is 2. The van der Waals surface area contributed by atoms with E-state index in [1.54, 1.807) is 7.11 Å². The number of nitrogens with zero attached hydrogens (tertiary/aromatic N) is 3. The summed E-state index contributed by atoms with van der Waals surface area (Å²) < 4.78 is 17.4. The van der Waals surface area contributed by atoms with Gasteiger partial charge in [0.2, 0.25) is 0 Å². The Morgan fingerprint density at radius 1 is 0.903 bits per heavy atom. The van der Waals surface area contributed by atoms with Gasteiger partial charge in [-0.25, -0.2) is 0 Å². The van der Waals surface area contributed by atoms with Gasteiger partial charge in [0.25, 0.3) is 0 Å². The third-order valence-corrected chi connectivity index (χ3v) is 6.84. The highest BCUT2D eigenvalue weighted by Crippen LogP contribution is 2.31. The SMILES string of the molecule is COc1cccc(N2CCN(C3CCN(C[C@@H]4COc5ccccc5O4)CC3)CC2)c1. The summed E-state index contributed by atoms with van der Waals surface area (Å²) in [6.45, 7) is 8.31. The van der Waals surface area contributed by atoms with Gasteiger partial charge in [-0.2, -0.15) is 0 Å². The van der Waals surface area contributed by atoms with Crippen LogP contribution in [0.1, 0.15) is 12.8 Å². The molecular formula is C25H33N3O3. The van der Waals surface area contributed by atoms with E-state index in [0.717, 1.165) is 63.1 Å². The number of rotatable bonds is 5. The smallest absolute Gasteiger partial charge is 0.161 e. The van der Waals surface area contributed by atoms with E-state index in [-0.39, 0.29) is 6.10 Å². The lowest BCUT2D eigenvalue weighted by Crippen LogP contribution is -2.54. The van der Waals surface area contributed by atoms with Crippen LogP contribution >= 0.6 is 0 Å². The van der Waals surface area contributed by atoms with Crippen molar-refractivity contribution in [2.45, 2.75) is 25.0 Å². The van der Waals surface area contributed by atoms with Crippen LogP contribution in [0.25, 0.3) is 0 Å². The Hall–Kier alpha value is -2.44. The molecule has 0 spiro atoms. The standard InChI is InChI=1S/C25H33N3O3/c1-29-22-6-4-5-21(17-22)28-15-13-27(14-16-28)20-9-11-26(12-10-20)18-23-19-30-24-7-2-3-8-25(24)31-23/h2-8,17,20,23H,9-16,18-19H2,1H3/t23-/m1/s1. The fourth-order valence-electron chi connectivity index (χ4n) is 5.06. The molecule has 0 N–H and O–H groups in total. The van der Waals surface area contributed by atoms with Crippen molar-refractivity contribution in [1.29, 1.82) is 0 Å². The number of piperidine rings is 1. The molecule has 0 aliphatic carbocycles. The molecule has 0 bridgehead atoms. The number of benzene rings is 2. The van der Waals surface area contributed by atoms with E-state index in [9.17, 15) is 0 Å². The Balaban J connectivity index is 1.07. The van der Waals surface area contributed by atoms with Gasteiger partial charge < -0.3 is 19.1 Å². The molecule has 5 rings (SSSR count). The summed E-state index contributed by atoms with van der Waals surface area (Å²) in [6.07, 6.45) is 2.60. The zero-order valence-corrected chi connectivity index (χ0v) is 18.4. The van der Waals surface area contributed by atoms with Gasteiger partial charge in [-0.15, -0.1) is 0 Å². The van der Waals surface area contributed by atoms with Gasteiger partial charge in [-0.1, -0.05) is 18.2 Å². The van der Waals surface area contributed by atoms with Crippen LogP contribution in [0, 0.1) is 0 Å². The number of hydrogen-bond acceptors (Lipinski definition) is 6. The number of likely N-dealkylation sites (tertiary alicyclic amines) is 1. The number of ether oxygens (including phenoxy) is 3. The molecule has 6 nitrogen and oxygen atoms in total. The van der Waals surface area contributed by atoms with Crippen LogP contribution < -0.4 is 19.1 Å². The second kappa shape index (κ2) is 9.37. The summed E-state index contributed by atoms with van der Waals surface area (Å²) in [5, 5.41) is 0. The van der Waals surface area contributed by atoms with Gasteiger partial charge in [0.05, 0.1) is 7.11 Å². The molecule has 0 amide bonds. The normalized spacial score (nSPS) is 23.0. The van der Waals surface area contributed by atoms with Crippen molar-refractivity contribution in [2.24, 2.45) is 0 Å². The molecule has 0 saturated carbocycles. The number of piperazine rings is 1. The molecule has 1 atom stereocenters. The van der Waals surface area contributed by atoms with E-state index in [2.05, 4.69) is 32.9 Å². The molecular weight excluding hydrogens is 390 g/mol. The predicted molar refractivity (Wildman–Crippen MR) is 123 cm³/mol. The molecule has 2 fully saturated rings. The Labute approximate surface area is 185 Å². The summed E-state index contributed by atoms with van der Waals surface area (Å²) in [5.41, 5.74) is 1.27. The second-order valence-electron chi connectivity index (χ2n) is 8.75. The third kappa shape index (κ3) is 4.75. The third-order valence-electron chi connectivity index (χ3n) is 6.84. The van der Waals surface area contributed by atoms with Crippen LogP contribution in [0.2, 0.25) is 0 Å². The molecule has 31 heavy (non-hydrogen) atoms. The molecule has 0 unspecified atom stereocenters. The van der Waals surface area contributed by atoms with Crippen molar-refractivity contribution >= 4 is 5.69 Å². The van der Waals surface area contributed by atoms with Crippen LogP contribution in [0.4, 0.5) is 5.69 Å². The van der Waals surface area contributed by atoms with Gasteiger partial charge in [0, 0.05) is 50.5 Å². The van der Waals surface area contributed by atoms with Gasteiger partial charge in [-0.05, 0) is 50.2 Å². The number of fused-ring (bicyclic) bond motifs is 1. The summed E-state index contributed by atoms with van der Waals surface area (Å²) in [7, 11) is 1.73. The summed E-state index contributed by atoms with van der Waals surface area (Å²) in [4.78, 5) is 7.72. The van der Waals surface area contributed by atoms with Crippen LogP contribution in [0.3, 0.4) is 0 Å². The van der Waals surface area contributed by atoms with Crippen LogP contribution in [-0.2, 0) is 0 Å². The molecule has 2 aromatic rings. The predicted octanol–water partition coefficient (Wildman–Crippen LogP) is 3.12. The van der Waals surface area contributed by atoms with Crippen molar-refractivity contribution < 1.29 is 14.2 Å². The van der Waals surface area contributed by atoms with Crippen molar-refractivity contribution in [3.8, 4) is 17.2 Å². The quantitative estimate of drug-likeness (QED) is 0.736. The summed E-state index contributed by atoms with van der Waals surface area (Å²) in [6, 6.07) is 17.1. The molecule has 3 aliphatic heterocycles. The van der Waals surface area contributed by atoms with Crippen molar-refractivity contribution in [3.05, 3.63) is 48.5 Å². The highest BCUT2D eigenvalue weighted by Gasteiger charge is 2.30. The Morgan fingerprint density at radius 3 is 2.45 bits per heavy atom. The Kier molecular flexibility index (Phi) is 6.18. The lowest BCUT2D eigenvalue weighted by molar-refractivity contribution is 0.0381. The largest absolute Gasteiger partial charge is 0.497 e. The van der Waals surface area contributed by atoms with Gasteiger partial charge >= 0.3 is 0 Å². The maximum atomic E-state index is 6.16. The van der Waals surface area contributed by atoms with Gasteiger partial charge in [-0.3, -0.25) is 9.80 Å². The number of methoxy groups -OCH3 is 1. The Morgan fingerprint density at radius 2 is 1.68 bits per heavy atom. The average Bonchev–Trinajstić information content (AvgIpc) is 2.85. The first kappa shape index (κ1) is 20.5. The van der Waals surface area contributed by atoms with Crippen LogP contribution in [0.5, 0.6) is 17.2 Å². The number of anilines is 1. The molecule has 3 aliphatic rings. The molecule has 0 aromatic heterocycles. The van der Waals surface area contributed by atoms with E-state index < -0.39 is 0 Å². The molecule has 3 heterocycles. The van der Waals surface area contributed by atoms with Crippen LogP contribution in [-0.4, -0.2) is 81.5 Å². The zero-order chi connectivity index (χ0) is 21.0. The lowest BCUT2D eigenvalue weighted by Gasteiger charge is -2.44. The lowest BCUT2D eigenvalue weighted by atomic mass is 10.0. The van der Waals surface area contributed by atoms with Crippen molar-refractivity contribution in [2.75, 3.05) is 64.4 Å². The van der Waals surface area contributed by atoms with Gasteiger partial charge in [0.1, 0.15) is 18.5 Å². The van der Waals surface area contributed by atoms with E-state index in [4.69, 9.17) is 14.2 Å². The first-order chi connectivity index (χ1) is 15.3. The minimum absolute atomic E-state index is 0.123. The second-order valence-corrected chi connectivity index (χ2v) is 8.75. The average molecular weight is 424 g/mol.